The van der Waals surface area contributed by atoms with Crippen LogP contribution >= 0.6 is 0 Å². The Hall–Kier alpha value is -3.80. The molecule has 1 aromatic heterocycles. The van der Waals surface area contributed by atoms with E-state index < -0.39 is 14.9 Å². The summed E-state index contributed by atoms with van der Waals surface area (Å²) in [6.45, 7) is 6.64. The van der Waals surface area contributed by atoms with Crippen molar-refractivity contribution in [2.45, 2.75) is 25.7 Å². The van der Waals surface area contributed by atoms with Crippen molar-refractivity contribution in [1.29, 1.82) is 0 Å². The number of rotatable bonds is 10. The summed E-state index contributed by atoms with van der Waals surface area (Å²) in [7, 11) is -4.19. The molecule has 0 atom stereocenters. The molecule has 12 heteroatoms. The van der Waals surface area contributed by atoms with Crippen LogP contribution in [0.3, 0.4) is 0 Å². The molecule has 0 radical (unpaired) electrons. The number of nitrogen functional groups attached to an aromatic ring is 1. The van der Waals surface area contributed by atoms with Crippen LogP contribution in [0.25, 0.3) is 11.3 Å². The fourth-order valence-corrected chi connectivity index (χ4v) is 4.29. The van der Waals surface area contributed by atoms with E-state index in [4.69, 9.17) is 19.9 Å². The number of ether oxygens (including phenoxy) is 3. The van der Waals surface area contributed by atoms with Crippen molar-refractivity contribution < 1.29 is 27.6 Å². The second-order valence-corrected chi connectivity index (χ2v) is 8.42. The Morgan fingerprint density at radius 1 is 0.970 bits per heavy atom. The molecule has 0 amide bonds. The predicted molar refractivity (Wildman–Crippen MR) is 121 cm³/mol. The highest BCUT2D eigenvalue weighted by atomic mass is 32.2. The molecule has 1 heterocycles. The van der Waals surface area contributed by atoms with Gasteiger partial charge in [-0.2, -0.15) is 13.5 Å². The summed E-state index contributed by atoms with van der Waals surface area (Å²) in [4.78, 5) is 10.0. The molecule has 11 nitrogen and oxygen atoms in total. The monoisotopic (exact) mass is 476 g/mol. The summed E-state index contributed by atoms with van der Waals surface area (Å²) < 4.78 is 43.8. The minimum atomic E-state index is -4.19. The molecule has 33 heavy (non-hydrogen) atoms. The summed E-state index contributed by atoms with van der Waals surface area (Å²) >= 11 is 0. The zero-order chi connectivity index (χ0) is 24.2. The van der Waals surface area contributed by atoms with Crippen LogP contribution in [0.1, 0.15) is 20.8 Å². The number of benzene rings is 2. The number of anilines is 1. The van der Waals surface area contributed by atoms with Crippen LogP contribution < -0.4 is 19.9 Å². The molecule has 2 N–H and O–H groups in total. The molecule has 0 bridgehead atoms. The van der Waals surface area contributed by atoms with E-state index in [-0.39, 0.29) is 22.1 Å². The highest BCUT2D eigenvalue weighted by molar-refractivity contribution is 7.90. The smallest absolute Gasteiger partial charge is 0.284 e. The number of nitro groups is 1. The SMILES string of the molecule is CCOc1cc(-c2cc(N)n(S(=O)(=O)c3ccc([N+](=O)[O-])cc3)n2)cc(OCC)c1OCC. The molecule has 176 valence electrons. The largest absolute Gasteiger partial charge is 0.490 e. The van der Waals surface area contributed by atoms with E-state index in [1.165, 1.54) is 6.07 Å². The Morgan fingerprint density at radius 3 is 2.00 bits per heavy atom. The van der Waals surface area contributed by atoms with Crippen molar-refractivity contribution in [2.24, 2.45) is 0 Å². The molecule has 0 saturated carbocycles. The summed E-state index contributed by atoms with van der Waals surface area (Å²) in [6, 6.07) is 9.20. The van der Waals surface area contributed by atoms with Crippen molar-refractivity contribution in [3.05, 3.63) is 52.6 Å². The van der Waals surface area contributed by atoms with Crippen LogP contribution in [-0.4, -0.2) is 42.3 Å². The van der Waals surface area contributed by atoms with Gasteiger partial charge in [0.15, 0.2) is 11.5 Å². The summed E-state index contributed by atoms with van der Waals surface area (Å²) in [5.41, 5.74) is 6.52. The van der Waals surface area contributed by atoms with Crippen LogP contribution in [0.15, 0.2) is 47.4 Å². The Bertz CT molecular complexity index is 1230. The van der Waals surface area contributed by atoms with E-state index in [1.54, 1.807) is 12.1 Å². The van der Waals surface area contributed by atoms with Crippen LogP contribution in [0.4, 0.5) is 11.5 Å². The van der Waals surface area contributed by atoms with Crippen LogP contribution in [0.2, 0.25) is 0 Å². The first-order valence-electron chi connectivity index (χ1n) is 10.1. The maximum absolute atomic E-state index is 13.0. The van der Waals surface area contributed by atoms with Crippen LogP contribution in [0, 0.1) is 10.1 Å². The predicted octanol–water partition coefficient (Wildman–Crippen LogP) is 3.47. The lowest BCUT2D eigenvalue weighted by Gasteiger charge is -2.16. The highest BCUT2D eigenvalue weighted by Gasteiger charge is 2.24. The van der Waals surface area contributed by atoms with Gasteiger partial charge in [0.2, 0.25) is 5.75 Å². The molecule has 0 aliphatic carbocycles. The second kappa shape index (κ2) is 9.77. The third-order valence-electron chi connectivity index (χ3n) is 4.48. The number of nitro benzene ring substituents is 1. The van der Waals surface area contributed by atoms with Gasteiger partial charge in [-0.25, -0.2) is 0 Å². The second-order valence-electron chi connectivity index (χ2n) is 6.65. The van der Waals surface area contributed by atoms with E-state index in [1.807, 2.05) is 20.8 Å². The molecule has 0 saturated heterocycles. The third kappa shape index (κ3) is 4.85. The highest BCUT2D eigenvalue weighted by Crippen LogP contribution is 2.42. The van der Waals surface area contributed by atoms with Gasteiger partial charge in [-0.05, 0) is 45.0 Å². The minimum absolute atomic E-state index is 0.131. The van der Waals surface area contributed by atoms with Crippen molar-refractivity contribution >= 4 is 21.5 Å². The maximum Gasteiger partial charge on any atom is 0.284 e. The lowest BCUT2D eigenvalue weighted by molar-refractivity contribution is -0.384. The van der Waals surface area contributed by atoms with Gasteiger partial charge >= 0.3 is 0 Å². The Labute approximate surface area is 190 Å². The number of non-ortho nitro benzene ring substituents is 1. The topological polar surface area (TPSA) is 149 Å². The molecule has 0 spiro atoms. The van der Waals surface area contributed by atoms with Crippen molar-refractivity contribution in [3.8, 4) is 28.5 Å². The Balaban J connectivity index is 2.08. The molecule has 0 unspecified atom stereocenters. The normalized spacial score (nSPS) is 11.2. The fraction of sp³-hybridized carbons (Fsp3) is 0.286. The van der Waals surface area contributed by atoms with Crippen molar-refractivity contribution in [1.82, 2.24) is 9.19 Å². The molecular formula is C21H24N4O7S. The average Bonchev–Trinajstić information content (AvgIpc) is 3.18. The first-order chi connectivity index (χ1) is 15.7. The van der Waals surface area contributed by atoms with Gasteiger partial charge in [0.25, 0.3) is 15.7 Å². The number of hydrogen-bond donors (Lipinski definition) is 1. The molecular weight excluding hydrogens is 452 g/mol. The Kier molecular flexibility index (Phi) is 7.07. The van der Waals surface area contributed by atoms with Gasteiger partial charge in [-0.3, -0.25) is 10.1 Å². The molecule has 0 fully saturated rings. The maximum atomic E-state index is 13.0. The van der Waals surface area contributed by atoms with Gasteiger partial charge in [0.05, 0.1) is 35.3 Å². The number of hydrogen-bond acceptors (Lipinski definition) is 9. The molecule has 2 aromatic carbocycles. The number of aromatic nitrogens is 2. The molecule has 0 aliphatic heterocycles. The van der Waals surface area contributed by atoms with E-state index in [0.717, 1.165) is 24.3 Å². The number of nitrogens with zero attached hydrogens (tertiary/aromatic N) is 3. The summed E-state index contributed by atoms with van der Waals surface area (Å²) in [5, 5.41) is 15.0. The van der Waals surface area contributed by atoms with Gasteiger partial charge in [0.1, 0.15) is 5.82 Å². The van der Waals surface area contributed by atoms with E-state index >= 15 is 0 Å². The van der Waals surface area contributed by atoms with E-state index in [0.29, 0.717) is 46.7 Å². The average molecular weight is 477 g/mol. The minimum Gasteiger partial charge on any atom is -0.490 e. The molecule has 3 aromatic rings. The zero-order valence-electron chi connectivity index (χ0n) is 18.3. The summed E-state index contributed by atoms with van der Waals surface area (Å²) in [6.07, 6.45) is 0. The number of nitrogens with two attached hydrogens (primary N) is 1. The lowest BCUT2D eigenvalue weighted by atomic mass is 10.1. The van der Waals surface area contributed by atoms with Gasteiger partial charge in [-0.1, -0.05) is 0 Å². The van der Waals surface area contributed by atoms with E-state index in [9.17, 15) is 18.5 Å². The van der Waals surface area contributed by atoms with Crippen LogP contribution in [0.5, 0.6) is 17.2 Å². The van der Waals surface area contributed by atoms with Crippen molar-refractivity contribution in [3.63, 3.8) is 0 Å². The standard InChI is InChI=1S/C21H24N4O7S/c1-4-30-18-11-14(12-19(31-5-2)21(18)32-6-3)17-13-20(22)24(23-17)33(28,29)16-9-7-15(8-10-16)25(26)27/h7-13H,4-6,22H2,1-3H3. The fourth-order valence-electron chi connectivity index (χ4n) is 3.09. The van der Waals surface area contributed by atoms with Crippen molar-refractivity contribution in [2.75, 3.05) is 25.6 Å². The Morgan fingerprint density at radius 2 is 1.52 bits per heavy atom. The first-order valence-corrected chi connectivity index (χ1v) is 11.6. The molecule has 3 rings (SSSR count). The lowest BCUT2D eigenvalue weighted by Crippen LogP contribution is -2.16. The summed E-state index contributed by atoms with van der Waals surface area (Å²) in [5.74, 6) is 1.15. The van der Waals surface area contributed by atoms with E-state index in [2.05, 4.69) is 5.10 Å². The van der Waals surface area contributed by atoms with Crippen LogP contribution in [-0.2, 0) is 10.0 Å². The quantitative estimate of drug-likeness (QED) is 0.343. The third-order valence-corrected chi connectivity index (χ3v) is 6.10. The van der Waals surface area contributed by atoms with Gasteiger partial charge < -0.3 is 19.9 Å². The van der Waals surface area contributed by atoms with Gasteiger partial charge in [0, 0.05) is 23.8 Å². The van der Waals surface area contributed by atoms with Gasteiger partial charge in [-0.15, -0.1) is 4.09 Å². The first kappa shape index (κ1) is 23.9. The zero-order valence-corrected chi connectivity index (χ0v) is 19.2. The molecule has 0 aliphatic rings.